The van der Waals surface area contributed by atoms with Crippen LogP contribution in [0.25, 0.3) is 0 Å². The molecule has 0 saturated heterocycles. The highest BCUT2D eigenvalue weighted by molar-refractivity contribution is 7.98. The van der Waals surface area contributed by atoms with Crippen LogP contribution in [0, 0.1) is 5.92 Å². The van der Waals surface area contributed by atoms with Crippen molar-refractivity contribution in [1.29, 1.82) is 0 Å². The predicted molar refractivity (Wildman–Crippen MR) is 81.4 cm³/mol. The molecule has 0 radical (unpaired) electrons. The second-order valence-electron chi connectivity index (χ2n) is 5.35. The van der Waals surface area contributed by atoms with E-state index in [4.69, 9.17) is 5.84 Å². The van der Waals surface area contributed by atoms with Gasteiger partial charge in [0.25, 0.3) is 0 Å². The minimum Gasteiger partial charge on any atom is -0.353 e. The Kier molecular flexibility index (Phi) is 4.87. The molecule has 0 atom stereocenters. The first-order chi connectivity index (χ1) is 9.13. The summed E-state index contributed by atoms with van der Waals surface area (Å²) >= 11 is 1.54. The van der Waals surface area contributed by atoms with Gasteiger partial charge in [-0.15, -0.1) is 0 Å². The Morgan fingerprint density at radius 1 is 1.47 bits per heavy atom. The highest BCUT2D eigenvalue weighted by Gasteiger charge is 2.30. The summed E-state index contributed by atoms with van der Waals surface area (Å²) in [5.74, 6) is 7.87. The summed E-state index contributed by atoms with van der Waals surface area (Å²) in [6, 6.07) is 2.59. The maximum atomic E-state index is 5.49. The first-order valence-corrected chi connectivity index (χ1v) is 8.03. The van der Waals surface area contributed by atoms with Gasteiger partial charge in [0.05, 0.1) is 0 Å². The fourth-order valence-electron chi connectivity index (χ4n) is 1.99. The topological polar surface area (TPSA) is 67.1 Å². The lowest BCUT2D eigenvalue weighted by molar-refractivity contribution is 0.567. The zero-order valence-electron chi connectivity index (χ0n) is 11.9. The molecule has 5 nitrogen and oxygen atoms in total. The van der Waals surface area contributed by atoms with Gasteiger partial charge >= 0.3 is 0 Å². The Balaban J connectivity index is 2.19. The first kappa shape index (κ1) is 14.4. The van der Waals surface area contributed by atoms with E-state index in [0.717, 1.165) is 17.5 Å². The van der Waals surface area contributed by atoms with Gasteiger partial charge in [-0.05, 0) is 31.4 Å². The van der Waals surface area contributed by atoms with Crippen molar-refractivity contribution < 1.29 is 0 Å². The van der Waals surface area contributed by atoms with Gasteiger partial charge in [0.15, 0.2) is 5.16 Å². The van der Waals surface area contributed by atoms with E-state index in [1.807, 2.05) is 12.3 Å². The van der Waals surface area contributed by atoms with Gasteiger partial charge in [0.1, 0.15) is 11.6 Å². The summed E-state index contributed by atoms with van der Waals surface area (Å²) < 4.78 is 0. The number of nitrogens with zero attached hydrogens (tertiary/aromatic N) is 3. The lowest BCUT2D eigenvalue weighted by Crippen LogP contribution is -2.29. The number of nitrogens with one attached hydrogen (secondary N) is 1. The number of nitrogen functional groups attached to an aromatic ring is 1. The summed E-state index contributed by atoms with van der Waals surface area (Å²) in [6.07, 6.45) is 5.69. The average Bonchev–Trinajstić information content (AvgIpc) is 3.22. The molecule has 1 aromatic rings. The van der Waals surface area contributed by atoms with Crippen LogP contribution < -0.4 is 16.2 Å². The highest BCUT2D eigenvalue weighted by atomic mass is 32.2. The summed E-state index contributed by atoms with van der Waals surface area (Å²) in [4.78, 5) is 11.3. The van der Waals surface area contributed by atoms with E-state index in [1.54, 1.807) is 11.8 Å². The lowest BCUT2D eigenvalue weighted by Gasteiger charge is -2.25. The van der Waals surface area contributed by atoms with Gasteiger partial charge in [-0.3, -0.25) is 0 Å². The molecule has 0 bridgehead atoms. The van der Waals surface area contributed by atoms with E-state index >= 15 is 0 Å². The second kappa shape index (κ2) is 6.43. The number of thioether (sulfide) groups is 1. The predicted octanol–water partition coefficient (Wildman–Crippen LogP) is 2.50. The Bertz CT molecular complexity index is 397. The van der Waals surface area contributed by atoms with Crippen molar-refractivity contribution in [3.05, 3.63) is 6.07 Å². The molecule has 0 amide bonds. The van der Waals surface area contributed by atoms with Crippen molar-refractivity contribution in [2.24, 2.45) is 11.8 Å². The van der Waals surface area contributed by atoms with Gasteiger partial charge in [-0.25, -0.2) is 15.8 Å². The summed E-state index contributed by atoms with van der Waals surface area (Å²) in [5, 5.41) is 0.764. The molecule has 106 valence electrons. The second-order valence-corrected chi connectivity index (χ2v) is 6.12. The van der Waals surface area contributed by atoms with Crippen LogP contribution in [-0.2, 0) is 0 Å². The molecular weight excluding hydrogens is 258 g/mol. The van der Waals surface area contributed by atoms with E-state index < -0.39 is 0 Å². The smallest absolute Gasteiger partial charge is 0.191 e. The molecule has 0 aromatic carbocycles. The van der Waals surface area contributed by atoms with Gasteiger partial charge in [0, 0.05) is 18.7 Å². The molecule has 3 N–H and O–H groups in total. The van der Waals surface area contributed by atoms with Crippen LogP contribution >= 0.6 is 11.8 Å². The SMILES string of the molecule is CSc1nc(NN)cc(N(CCC(C)C)C2CC2)n1. The van der Waals surface area contributed by atoms with E-state index in [2.05, 4.69) is 34.1 Å². The molecule has 1 aliphatic carbocycles. The molecule has 6 heteroatoms. The monoisotopic (exact) mass is 281 g/mol. The third-order valence-electron chi connectivity index (χ3n) is 3.25. The first-order valence-electron chi connectivity index (χ1n) is 6.80. The van der Waals surface area contributed by atoms with Crippen LogP contribution in [0.4, 0.5) is 11.6 Å². The van der Waals surface area contributed by atoms with Crippen molar-refractivity contribution >= 4 is 23.4 Å². The van der Waals surface area contributed by atoms with Crippen LogP contribution in [-0.4, -0.2) is 28.8 Å². The standard InChI is InChI=1S/C13H23N5S/c1-9(2)6-7-18(10-4-5-10)12-8-11(17-14)15-13(16-12)19-3/h8-10H,4-7,14H2,1-3H3,(H,15,16,17). The largest absolute Gasteiger partial charge is 0.353 e. The number of hydrogen-bond acceptors (Lipinski definition) is 6. The van der Waals surface area contributed by atoms with Gasteiger partial charge in [0.2, 0.25) is 0 Å². The number of hydrogen-bond donors (Lipinski definition) is 2. The molecule has 0 aliphatic heterocycles. The molecule has 2 rings (SSSR count). The molecule has 1 heterocycles. The van der Waals surface area contributed by atoms with Crippen molar-refractivity contribution in [3.63, 3.8) is 0 Å². The Labute approximate surface area is 119 Å². The van der Waals surface area contributed by atoms with Crippen LogP contribution in [0.3, 0.4) is 0 Å². The van der Waals surface area contributed by atoms with Gasteiger partial charge < -0.3 is 10.3 Å². The minimum atomic E-state index is 0.647. The molecule has 1 fully saturated rings. The van der Waals surface area contributed by atoms with Crippen molar-refractivity contribution in [2.45, 2.75) is 44.3 Å². The lowest BCUT2D eigenvalue weighted by atomic mass is 10.1. The summed E-state index contributed by atoms with van der Waals surface area (Å²) in [6.45, 7) is 5.56. The molecule has 1 saturated carbocycles. The molecule has 0 unspecified atom stereocenters. The fourth-order valence-corrected chi connectivity index (χ4v) is 2.37. The number of anilines is 2. The zero-order chi connectivity index (χ0) is 13.8. The van der Waals surface area contributed by atoms with Gasteiger partial charge in [-0.2, -0.15) is 0 Å². The maximum Gasteiger partial charge on any atom is 0.191 e. The van der Waals surface area contributed by atoms with Crippen molar-refractivity contribution in [1.82, 2.24) is 9.97 Å². The minimum absolute atomic E-state index is 0.647. The summed E-state index contributed by atoms with van der Waals surface area (Å²) in [7, 11) is 0. The van der Waals surface area contributed by atoms with E-state index in [0.29, 0.717) is 17.8 Å². The summed E-state index contributed by atoms with van der Waals surface area (Å²) in [5.41, 5.74) is 2.63. The fraction of sp³-hybridized carbons (Fsp3) is 0.692. The van der Waals surface area contributed by atoms with E-state index in [1.165, 1.54) is 19.3 Å². The number of rotatable bonds is 7. The number of hydrazine groups is 1. The Hall–Kier alpha value is -1.01. The highest BCUT2D eigenvalue weighted by Crippen LogP contribution is 2.32. The van der Waals surface area contributed by atoms with Gasteiger partial charge in [-0.1, -0.05) is 25.6 Å². The quantitative estimate of drug-likeness (QED) is 0.346. The zero-order valence-corrected chi connectivity index (χ0v) is 12.7. The van der Waals surface area contributed by atoms with Crippen molar-refractivity contribution in [2.75, 3.05) is 23.1 Å². The average molecular weight is 281 g/mol. The number of nitrogens with two attached hydrogens (primary N) is 1. The Morgan fingerprint density at radius 2 is 2.21 bits per heavy atom. The number of aromatic nitrogens is 2. The Morgan fingerprint density at radius 3 is 2.74 bits per heavy atom. The van der Waals surface area contributed by atoms with Crippen molar-refractivity contribution in [3.8, 4) is 0 Å². The molecule has 19 heavy (non-hydrogen) atoms. The molecule has 1 aliphatic rings. The molecule has 0 spiro atoms. The van der Waals surface area contributed by atoms with E-state index in [-0.39, 0.29) is 0 Å². The molecular formula is C13H23N5S. The third kappa shape index (κ3) is 3.98. The van der Waals surface area contributed by atoms with Crippen LogP contribution in [0.5, 0.6) is 0 Å². The van der Waals surface area contributed by atoms with Crippen LogP contribution in [0.1, 0.15) is 33.1 Å². The molecule has 1 aromatic heterocycles. The van der Waals surface area contributed by atoms with E-state index in [9.17, 15) is 0 Å². The van der Waals surface area contributed by atoms with Crippen LogP contribution in [0.15, 0.2) is 11.2 Å². The normalized spacial score (nSPS) is 14.8. The van der Waals surface area contributed by atoms with Crippen LogP contribution in [0.2, 0.25) is 0 Å². The maximum absolute atomic E-state index is 5.49. The third-order valence-corrected chi connectivity index (χ3v) is 3.80.